The summed E-state index contributed by atoms with van der Waals surface area (Å²) >= 11 is 6.12. The van der Waals surface area contributed by atoms with Crippen molar-refractivity contribution in [1.82, 2.24) is 19.5 Å². The Hall–Kier alpha value is -4.00. The summed E-state index contributed by atoms with van der Waals surface area (Å²) in [7, 11) is 0. The van der Waals surface area contributed by atoms with E-state index in [1.807, 2.05) is 29.7 Å². The van der Waals surface area contributed by atoms with Gasteiger partial charge < -0.3 is 19.9 Å². The maximum atomic E-state index is 13.3. The fraction of sp³-hybridized carbons (Fsp3) is 0.296. The second kappa shape index (κ2) is 10.9. The number of aromatic nitrogens is 4. The molecule has 9 nitrogen and oxygen atoms in total. The summed E-state index contributed by atoms with van der Waals surface area (Å²) < 4.78 is 7.35. The Balaban J connectivity index is 1.57. The lowest BCUT2D eigenvalue weighted by Gasteiger charge is -2.25. The van der Waals surface area contributed by atoms with Crippen molar-refractivity contribution in [2.75, 3.05) is 23.8 Å². The Bertz CT molecular complexity index is 1510. The van der Waals surface area contributed by atoms with E-state index in [4.69, 9.17) is 16.3 Å². The van der Waals surface area contributed by atoms with E-state index in [0.29, 0.717) is 29.7 Å². The fourth-order valence-corrected chi connectivity index (χ4v) is 4.79. The molecule has 1 aliphatic rings. The average molecular weight is 516 g/mol. The van der Waals surface area contributed by atoms with Crippen molar-refractivity contribution < 1.29 is 4.74 Å². The summed E-state index contributed by atoms with van der Waals surface area (Å²) in [5.74, 6) is 1.00. The molecule has 2 N–H and O–H groups in total. The van der Waals surface area contributed by atoms with Crippen LogP contribution in [0.1, 0.15) is 37.2 Å². The van der Waals surface area contributed by atoms with Gasteiger partial charge in [0, 0.05) is 61.2 Å². The minimum atomic E-state index is -0.226. The van der Waals surface area contributed by atoms with Crippen molar-refractivity contribution in [1.29, 1.82) is 5.26 Å². The minimum absolute atomic E-state index is 0.0731. The van der Waals surface area contributed by atoms with E-state index >= 15 is 0 Å². The summed E-state index contributed by atoms with van der Waals surface area (Å²) in [5, 5.41) is 17.2. The van der Waals surface area contributed by atoms with Gasteiger partial charge in [0.15, 0.2) is 0 Å². The molecule has 37 heavy (non-hydrogen) atoms. The molecule has 1 aromatic carbocycles. The number of hydrogen-bond acceptors (Lipinski definition) is 8. The number of benzene rings is 1. The summed E-state index contributed by atoms with van der Waals surface area (Å²) in [6, 6.07) is 12.8. The molecular weight excluding hydrogens is 490 g/mol. The van der Waals surface area contributed by atoms with Crippen molar-refractivity contribution in [2.24, 2.45) is 5.92 Å². The normalized spacial score (nSPS) is 14.7. The lowest BCUT2D eigenvalue weighted by atomic mass is 10.00. The van der Waals surface area contributed by atoms with Gasteiger partial charge >= 0.3 is 0 Å². The maximum Gasteiger partial charge on any atom is 0.253 e. The minimum Gasteiger partial charge on any atom is -0.381 e. The van der Waals surface area contributed by atoms with Crippen molar-refractivity contribution in [2.45, 2.75) is 32.4 Å². The molecule has 0 radical (unpaired) electrons. The second-order valence-corrected chi connectivity index (χ2v) is 9.39. The number of pyridine rings is 2. The van der Waals surface area contributed by atoms with E-state index < -0.39 is 0 Å². The van der Waals surface area contributed by atoms with Crippen molar-refractivity contribution in [3.8, 4) is 6.07 Å². The molecule has 4 heterocycles. The van der Waals surface area contributed by atoms with E-state index in [-0.39, 0.29) is 22.3 Å². The first-order chi connectivity index (χ1) is 18.0. The number of anilines is 3. The van der Waals surface area contributed by atoms with Gasteiger partial charge in [-0.25, -0.2) is 15.0 Å². The van der Waals surface area contributed by atoms with Gasteiger partial charge in [-0.15, -0.1) is 0 Å². The smallest absolute Gasteiger partial charge is 0.253 e. The molecule has 0 saturated carbocycles. The number of nitrogens with zero attached hydrogens (tertiary/aromatic N) is 5. The second-order valence-electron chi connectivity index (χ2n) is 9.03. The van der Waals surface area contributed by atoms with Crippen LogP contribution in [0, 0.1) is 17.2 Å². The van der Waals surface area contributed by atoms with Gasteiger partial charge in [-0.3, -0.25) is 4.79 Å². The van der Waals surface area contributed by atoms with Crippen LogP contribution in [0.2, 0.25) is 5.15 Å². The third-order valence-corrected chi connectivity index (χ3v) is 6.82. The predicted octanol–water partition coefficient (Wildman–Crippen LogP) is 5.05. The van der Waals surface area contributed by atoms with Crippen molar-refractivity contribution in [3.05, 3.63) is 81.9 Å². The molecule has 1 fully saturated rings. The fourth-order valence-electron chi connectivity index (χ4n) is 4.59. The van der Waals surface area contributed by atoms with Gasteiger partial charge in [-0.05, 0) is 56.0 Å². The van der Waals surface area contributed by atoms with Crippen LogP contribution in [-0.4, -0.2) is 32.7 Å². The van der Waals surface area contributed by atoms with Gasteiger partial charge in [0.25, 0.3) is 5.56 Å². The highest BCUT2D eigenvalue weighted by Gasteiger charge is 2.19. The Labute approximate surface area is 219 Å². The van der Waals surface area contributed by atoms with Crippen LogP contribution in [-0.2, 0) is 11.3 Å². The summed E-state index contributed by atoms with van der Waals surface area (Å²) in [5.41, 5.74) is 2.99. The molecule has 5 rings (SSSR count). The van der Waals surface area contributed by atoms with Crippen molar-refractivity contribution >= 4 is 39.6 Å². The number of halogens is 1. The summed E-state index contributed by atoms with van der Waals surface area (Å²) in [6.07, 6.45) is 6.79. The largest absolute Gasteiger partial charge is 0.381 e. The number of ether oxygens (including phenoxy) is 1. The van der Waals surface area contributed by atoms with Crippen LogP contribution < -0.4 is 16.2 Å². The Morgan fingerprint density at radius 3 is 2.68 bits per heavy atom. The molecule has 1 atom stereocenters. The molecule has 4 aromatic rings. The average Bonchev–Trinajstić information content (AvgIpc) is 2.92. The number of nitrogens with one attached hydrogen (secondary N) is 2. The van der Waals surface area contributed by atoms with Gasteiger partial charge in [0.1, 0.15) is 22.6 Å². The van der Waals surface area contributed by atoms with Gasteiger partial charge in [-0.1, -0.05) is 11.6 Å². The quantitative estimate of drug-likeness (QED) is 0.328. The first-order valence-corrected chi connectivity index (χ1v) is 12.5. The molecule has 1 saturated heterocycles. The molecule has 10 heteroatoms. The standard InChI is InChI=1S/C27H26ClN7O2/c1-17(27-31-8-2-9-32-27)33-23-14-25(36)35(16-18-6-11-37-12-7-18)24-4-3-19(13-20(23)24)34-22-5-10-30-26(28)21(22)15-29/h2-5,8-10,13-14,17-18,33H,6-7,11-12,16H2,1H3,(H,30,34). The lowest BCUT2D eigenvalue weighted by molar-refractivity contribution is 0.0613. The molecule has 0 amide bonds. The number of rotatable bonds is 7. The highest BCUT2D eigenvalue weighted by Crippen LogP contribution is 2.31. The van der Waals surface area contributed by atoms with Crippen LogP contribution in [0.15, 0.2) is 59.8 Å². The number of hydrogen-bond donors (Lipinski definition) is 2. The van der Waals surface area contributed by atoms with Crippen LogP contribution in [0.4, 0.5) is 17.1 Å². The first-order valence-electron chi connectivity index (χ1n) is 12.1. The molecule has 0 spiro atoms. The predicted molar refractivity (Wildman–Crippen MR) is 143 cm³/mol. The highest BCUT2D eigenvalue weighted by molar-refractivity contribution is 6.31. The Kier molecular flexibility index (Phi) is 7.30. The van der Waals surface area contributed by atoms with Crippen LogP contribution in [0.5, 0.6) is 0 Å². The lowest BCUT2D eigenvalue weighted by Crippen LogP contribution is -2.28. The monoisotopic (exact) mass is 515 g/mol. The zero-order valence-corrected chi connectivity index (χ0v) is 21.1. The molecule has 1 aliphatic heterocycles. The number of nitriles is 1. The SMILES string of the molecule is CC(Nc1cc(=O)n(CC2CCOCC2)c2ccc(Nc3ccnc(Cl)c3C#N)cc12)c1ncccn1. The Morgan fingerprint density at radius 1 is 1.14 bits per heavy atom. The zero-order chi connectivity index (χ0) is 25.8. The van der Waals surface area contributed by atoms with Crippen LogP contribution in [0.3, 0.4) is 0 Å². The Morgan fingerprint density at radius 2 is 1.92 bits per heavy atom. The third-order valence-electron chi connectivity index (χ3n) is 6.53. The van der Waals surface area contributed by atoms with E-state index in [0.717, 1.165) is 42.6 Å². The highest BCUT2D eigenvalue weighted by atomic mass is 35.5. The number of fused-ring (bicyclic) bond motifs is 1. The van der Waals surface area contributed by atoms with E-state index in [1.54, 1.807) is 36.8 Å². The van der Waals surface area contributed by atoms with Gasteiger partial charge in [0.05, 0.1) is 17.2 Å². The third kappa shape index (κ3) is 5.40. The van der Waals surface area contributed by atoms with Gasteiger partial charge in [0.2, 0.25) is 0 Å². The van der Waals surface area contributed by atoms with Gasteiger partial charge in [-0.2, -0.15) is 5.26 Å². The van der Waals surface area contributed by atoms with Crippen LogP contribution >= 0.6 is 11.6 Å². The van der Waals surface area contributed by atoms with Crippen molar-refractivity contribution in [3.63, 3.8) is 0 Å². The van der Waals surface area contributed by atoms with E-state index in [9.17, 15) is 10.1 Å². The first kappa shape index (κ1) is 24.7. The maximum absolute atomic E-state index is 13.3. The zero-order valence-electron chi connectivity index (χ0n) is 20.3. The van der Waals surface area contributed by atoms with Crippen LogP contribution in [0.25, 0.3) is 10.9 Å². The van der Waals surface area contributed by atoms with E-state index in [2.05, 4.69) is 31.7 Å². The van der Waals surface area contributed by atoms with E-state index in [1.165, 1.54) is 0 Å². The molecule has 1 unspecified atom stereocenters. The molecule has 3 aromatic heterocycles. The molecule has 0 aliphatic carbocycles. The molecule has 0 bridgehead atoms. The topological polar surface area (TPSA) is 118 Å². The summed E-state index contributed by atoms with van der Waals surface area (Å²) in [4.78, 5) is 26.0. The molecular formula is C27H26ClN7O2. The summed E-state index contributed by atoms with van der Waals surface area (Å²) in [6.45, 7) is 4.02. The molecule has 188 valence electrons.